The molecule has 1 heterocycles. The number of hydrogen-bond donors (Lipinski definition) is 0. The van der Waals surface area contributed by atoms with E-state index in [1.165, 1.54) is 11.1 Å². The molecule has 1 atom stereocenters. The molecule has 2 heteroatoms. The first-order valence-electron chi connectivity index (χ1n) is 8.75. The van der Waals surface area contributed by atoms with Crippen LogP contribution in [0.3, 0.4) is 0 Å². The number of carbonyl (C=O) groups excluding carboxylic acids is 1. The van der Waals surface area contributed by atoms with Gasteiger partial charge in [0.2, 0.25) is 0 Å². The van der Waals surface area contributed by atoms with E-state index in [2.05, 4.69) is 36.4 Å². The van der Waals surface area contributed by atoms with Crippen molar-refractivity contribution in [2.24, 2.45) is 0 Å². The predicted molar refractivity (Wildman–Crippen MR) is 101 cm³/mol. The van der Waals surface area contributed by atoms with Crippen LogP contribution in [0.2, 0.25) is 0 Å². The molecule has 0 saturated carbocycles. The van der Waals surface area contributed by atoms with Crippen molar-refractivity contribution < 1.29 is 4.79 Å². The van der Waals surface area contributed by atoms with Gasteiger partial charge in [0.1, 0.15) is 0 Å². The van der Waals surface area contributed by atoms with Crippen LogP contribution in [0.25, 0.3) is 0 Å². The fraction of sp³-hybridized carbons (Fsp3) is 0.174. The van der Waals surface area contributed by atoms with Gasteiger partial charge in [-0.15, -0.1) is 0 Å². The van der Waals surface area contributed by atoms with Crippen molar-refractivity contribution >= 4 is 5.91 Å². The summed E-state index contributed by atoms with van der Waals surface area (Å²) < 4.78 is 0. The molecule has 0 aliphatic carbocycles. The molecule has 0 N–H and O–H groups in total. The zero-order valence-electron chi connectivity index (χ0n) is 14.4. The van der Waals surface area contributed by atoms with E-state index in [1.54, 1.807) is 0 Å². The van der Waals surface area contributed by atoms with Crippen molar-refractivity contribution in [1.82, 2.24) is 4.90 Å². The van der Waals surface area contributed by atoms with Crippen LogP contribution in [0.15, 0.2) is 78.9 Å². The van der Waals surface area contributed by atoms with E-state index in [1.807, 2.05) is 54.3 Å². The van der Waals surface area contributed by atoms with Crippen molar-refractivity contribution in [3.63, 3.8) is 0 Å². The minimum absolute atomic E-state index is 0.0294. The third kappa shape index (κ3) is 2.85. The number of amides is 1. The van der Waals surface area contributed by atoms with Crippen molar-refractivity contribution in [2.45, 2.75) is 19.4 Å². The normalized spacial score (nSPS) is 16.4. The van der Waals surface area contributed by atoms with Gasteiger partial charge < -0.3 is 4.90 Å². The fourth-order valence-corrected chi connectivity index (χ4v) is 3.75. The van der Waals surface area contributed by atoms with Crippen molar-refractivity contribution in [2.75, 3.05) is 6.54 Å². The van der Waals surface area contributed by atoms with E-state index in [0.717, 1.165) is 29.7 Å². The summed E-state index contributed by atoms with van der Waals surface area (Å²) in [6.45, 7) is 2.74. The molecule has 0 fully saturated rings. The topological polar surface area (TPSA) is 20.3 Å². The molecule has 0 saturated heterocycles. The lowest BCUT2D eigenvalue weighted by molar-refractivity contribution is 0.0694. The Morgan fingerprint density at radius 2 is 1.56 bits per heavy atom. The van der Waals surface area contributed by atoms with Gasteiger partial charge in [-0.05, 0) is 41.7 Å². The Labute approximate surface area is 148 Å². The maximum absolute atomic E-state index is 13.3. The summed E-state index contributed by atoms with van der Waals surface area (Å²) >= 11 is 0. The highest BCUT2D eigenvalue weighted by atomic mass is 16.2. The first-order chi connectivity index (χ1) is 12.3. The number of aryl methyl sites for hydroxylation is 1. The Morgan fingerprint density at radius 3 is 2.36 bits per heavy atom. The molecule has 1 aliphatic rings. The fourth-order valence-electron chi connectivity index (χ4n) is 3.75. The molecule has 124 valence electrons. The van der Waals surface area contributed by atoms with E-state index >= 15 is 0 Å². The lowest BCUT2D eigenvalue weighted by atomic mass is 9.87. The highest BCUT2D eigenvalue weighted by Gasteiger charge is 2.32. The largest absolute Gasteiger partial charge is 0.327 e. The van der Waals surface area contributed by atoms with E-state index in [4.69, 9.17) is 0 Å². The van der Waals surface area contributed by atoms with Gasteiger partial charge in [-0.3, -0.25) is 4.79 Å². The van der Waals surface area contributed by atoms with E-state index in [9.17, 15) is 4.79 Å². The van der Waals surface area contributed by atoms with E-state index < -0.39 is 0 Å². The van der Waals surface area contributed by atoms with Crippen LogP contribution in [0.4, 0.5) is 0 Å². The van der Waals surface area contributed by atoms with Gasteiger partial charge in [0.25, 0.3) is 5.91 Å². The molecule has 3 aromatic rings. The van der Waals surface area contributed by atoms with Crippen molar-refractivity contribution in [3.05, 3.63) is 107 Å². The molecule has 0 spiro atoms. The van der Waals surface area contributed by atoms with Gasteiger partial charge in [0.05, 0.1) is 6.04 Å². The molecular formula is C23H21NO. The van der Waals surface area contributed by atoms with Crippen LogP contribution in [0, 0.1) is 6.92 Å². The molecule has 1 aliphatic heterocycles. The SMILES string of the molecule is Cc1ccccc1C(=O)N1CCc2ccccc2[C@H]1c1ccccc1. The summed E-state index contributed by atoms with van der Waals surface area (Å²) in [4.78, 5) is 15.4. The molecular weight excluding hydrogens is 306 g/mol. The standard InChI is InChI=1S/C23H21NO/c1-17-9-5-7-13-20(17)23(25)24-16-15-18-10-6-8-14-21(18)22(24)19-11-3-2-4-12-19/h2-14,22H,15-16H2,1H3/t22-/m1/s1. The average Bonchev–Trinajstić information content (AvgIpc) is 2.67. The summed E-state index contributed by atoms with van der Waals surface area (Å²) in [5.74, 6) is 0.112. The smallest absolute Gasteiger partial charge is 0.254 e. The average molecular weight is 327 g/mol. The second kappa shape index (κ2) is 6.56. The zero-order valence-corrected chi connectivity index (χ0v) is 14.4. The van der Waals surface area contributed by atoms with Gasteiger partial charge in [0.15, 0.2) is 0 Å². The van der Waals surface area contributed by atoms with Crippen LogP contribution in [-0.2, 0) is 6.42 Å². The number of rotatable bonds is 2. The molecule has 0 unspecified atom stereocenters. The summed E-state index contributed by atoms with van der Waals surface area (Å²) in [5, 5.41) is 0. The monoisotopic (exact) mass is 327 g/mol. The first-order valence-corrected chi connectivity index (χ1v) is 8.75. The highest BCUT2D eigenvalue weighted by Crippen LogP contribution is 2.36. The number of fused-ring (bicyclic) bond motifs is 1. The van der Waals surface area contributed by atoms with Gasteiger partial charge in [-0.2, -0.15) is 0 Å². The summed E-state index contributed by atoms with van der Waals surface area (Å²) in [7, 11) is 0. The van der Waals surface area contributed by atoms with Crippen LogP contribution in [-0.4, -0.2) is 17.4 Å². The Kier molecular flexibility index (Phi) is 4.10. The zero-order chi connectivity index (χ0) is 17.2. The number of hydrogen-bond acceptors (Lipinski definition) is 1. The number of benzene rings is 3. The number of carbonyl (C=O) groups is 1. The summed E-state index contributed by atoms with van der Waals surface area (Å²) in [6, 6.07) is 26.7. The molecule has 3 aromatic carbocycles. The van der Waals surface area contributed by atoms with E-state index in [-0.39, 0.29) is 11.9 Å². The maximum Gasteiger partial charge on any atom is 0.254 e. The second-order valence-electron chi connectivity index (χ2n) is 6.58. The van der Waals surface area contributed by atoms with Crippen LogP contribution in [0.5, 0.6) is 0 Å². The molecule has 2 nitrogen and oxygen atoms in total. The van der Waals surface area contributed by atoms with Crippen LogP contribution in [0.1, 0.15) is 38.7 Å². The minimum atomic E-state index is -0.0294. The molecule has 4 rings (SSSR count). The Hall–Kier alpha value is -2.87. The van der Waals surface area contributed by atoms with E-state index in [0.29, 0.717) is 0 Å². The van der Waals surface area contributed by atoms with Crippen LogP contribution < -0.4 is 0 Å². The molecule has 0 aromatic heterocycles. The molecule has 1 amide bonds. The first kappa shape index (κ1) is 15.6. The van der Waals surface area contributed by atoms with Gasteiger partial charge in [-0.25, -0.2) is 0 Å². The molecule has 0 bridgehead atoms. The third-order valence-corrected chi connectivity index (χ3v) is 5.04. The Morgan fingerprint density at radius 1 is 0.880 bits per heavy atom. The van der Waals surface area contributed by atoms with Crippen molar-refractivity contribution in [1.29, 1.82) is 0 Å². The summed E-state index contributed by atoms with van der Waals surface area (Å²) in [5.41, 5.74) is 5.56. The summed E-state index contributed by atoms with van der Waals surface area (Å²) in [6.07, 6.45) is 0.900. The molecule has 25 heavy (non-hydrogen) atoms. The van der Waals surface area contributed by atoms with Crippen LogP contribution >= 0.6 is 0 Å². The minimum Gasteiger partial charge on any atom is -0.327 e. The lowest BCUT2D eigenvalue weighted by Gasteiger charge is -2.38. The number of nitrogens with zero attached hydrogens (tertiary/aromatic N) is 1. The Bertz CT molecular complexity index is 901. The second-order valence-corrected chi connectivity index (χ2v) is 6.58. The predicted octanol–water partition coefficient (Wildman–Crippen LogP) is 4.78. The quantitative estimate of drug-likeness (QED) is 0.663. The highest BCUT2D eigenvalue weighted by molar-refractivity contribution is 5.96. The van der Waals surface area contributed by atoms with Gasteiger partial charge >= 0.3 is 0 Å². The van der Waals surface area contributed by atoms with Crippen molar-refractivity contribution in [3.8, 4) is 0 Å². The maximum atomic E-state index is 13.3. The lowest BCUT2D eigenvalue weighted by Crippen LogP contribution is -2.40. The Balaban J connectivity index is 1.82. The third-order valence-electron chi connectivity index (χ3n) is 5.04. The van der Waals surface area contributed by atoms with Gasteiger partial charge in [0, 0.05) is 12.1 Å². The molecule has 0 radical (unpaired) electrons. The van der Waals surface area contributed by atoms with Gasteiger partial charge in [-0.1, -0.05) is 72.8 Å².